The van der Waals surface area contributed by atoms with Gasteiger partial charge in [0.25, 0.3) is 0 Å². The molecule has 0 aromatic heterocycles. The Balaban J connectivity index is 1.49. The van der Waals surface area contributed by atoms with Crippen molar-refractivity contribution in [1.82, 2.24) is 4.90 Å². The molecule has 1 aliphatic heterocycles. The first-order valence-corrected chi connectivity index (χ1v) is 11.4. The lowest BCUT2D eigenvalue weighted by atomic mass is 10.1. The number of carbonyl (C=O) groups is 2. The Hall–Kier alpha value is -4.07. The van der Waals surface area contributed by atoms with E-state index in [9.17, 15) is 14.0 Å². The molecule has 1 aliphatic rings. The molecule has 3 aromatic carbocycles. The molecule has 0 radical (unpaired) electrons. The zero-order chi connectivity index (χ0) is 24.8. The summed E-state index contributed by atoms with van der Waals surface area (Å²) in [5.41, 5.74) is 2.86. The summed E-state index contributed by atoms with van der Waals surface area (Å²) < 4.78 is 23.9. The quantitative estimate of drug-likeness (QED) is 0.503. The van der Waals surface area contributed by atoms with Crippen LogP contribution in [0.15, 0.2) is 66.7 Å². The molecule has 0 saturated carbocycles. The fourth-order valence-electron chi connectivity index (χ4n) is 4.07. The molecular weight excluding hydrogens is 449 g/mol. The molecule has 4 rings (SSSR count). The maximum Gasteiger partial charge on any atom is 0.324 e. The molecule has 8 heteroatoms. The third-order valence-electron chi connectivity index (χ3n) is 5.88. The highest BCUT2D eigenvalue weighted by Crippen LogP contribution is 2.34. The molecule has 1 heterocycles. The number of urea groups is 1. The van der Waals surface area contributed by atoms with Crippen LogP contribution in [0, 0.1) is 5.82 Å². The Labute approximate surface area is 204 Å². The number of ether oxygens (including phenoxy) is 2. The highest BCUT2D eigenvalue weighted by molar-refractivity contribution is 5.97. The van der Waals surface area contributed by atoms with Gasteiger partial charge in [-0.1, -0.05) is 24.3 Å². The maximum absolute atomic E-state index is 13.4. The summed E-state index contributed by atoms with van der Waals surface area (Å²) in [6.07, 6.45) is 0.909. The average molecular weight is 478 g/mol. The van der Waals surface area contributed by atoms with Gasteiger partial charge in [0, 0.05) is 25.3 Å². The summed E-state index contributed by atoms with van der Waals surface area (Å²) in [5, 5.41) is 2.86. The van der Waals surface area contributed by atoms with Crippen molar-refractivity contribution in [2.45, 2.75) is 19.4 Å². The standard InChI is InChI=1S/C27H28FN3O4/c1-34-23-11-6-20(7-12-23)18-30-14-3-15-31(27(30)33)24-17-22(10-13-25(24)35-2)29-26(32)16-19-4-8-21(28)9-5-19/h4-13,17H,3,14-16,18H2,1-2H3,(H,29,32). The van der Waals surface area contributed by atoms with E-state index in [4.69, 9.17) is 9.47 Å². The second-order valence-electron chi connectivity index (χ2n) is 8.30. The molecule has 7 nitrogen and oxygen atoms in total. The Kier molecular flexibility index (Phi) is 7.50. The summed E-state index contributed by atoms with van der Waals surface area (Å²) >= 11 is 0. The Morgan fingerprint density at radius 3 is 2.34 bits per heavy atom. The van der Waals surface area contributed by atoms with Crippen LogP contribution in [0.2, 0.25) is 0 Å². The van der Waals surface area contributed by atoms with Gasteiger partial charge in [0.15, 0.2) is 0 Å². The highest BCUT2D eigenvalue weighted by atomic mass is 19.1. The van der Waals surface area contributed by atoms with Gasteiger partial charge in [-0.15, -0.1) is 0 Å². The van der Waals surface area contributed by atoms with Crippen LogP contribution in [0.4, 0.5) is 20.6 Å². The first-order valence-electron chi connectivity index (χ1n) is 11.4. The second-order valence-corrected chi connectivity index (χ2v) is 8.30. The molecule has 182 valence electrons. The number of rotatable bonds is 8. The predicted molar refractivity (Wildman–Crippen MR) is 132 cm³/mol. The number of hydrogen-bond donors (Lipinski definition) is 1. The van der Waals surface area contributed by atoms with Gasteiger partial charge in [0.05, 0.1) is 26.3 Å². The normalized spacial score (nSPS) is 13.5. The van der Waals surface area contributed by atoms with Crippen molar-refractivity contribution in [1.29, 1.82) is 0 Å². The van der Waals surface area contributed by atoms with E-state index in [-0.39, 0.29) is 24.2 Å². The molecule has 35 heavy (non-hydrogen) atoms. The number of nitrogens with zero attached hydrogens (tertiary/aromatic N) is 2. The molecule has 0 unspecified atom stereocenters. The molecule has 3 aromatic rings. The zero-order valence-electron chi connectivity index (χ0n) is 19.8. The van der Waals surface area contributed by atoms with E-state index in [1.54, 1.807) is 54.4 Å². The molecule has 3 amide bonds. The maximum atomic E-state index is 13.4. The van der Waals surface area contributed by atoms with Crippen LogP contribution in [0.25, 0.3) is 0 Å². The number of halogens is 1. The SMILES string of the molecule is COc1ccc(CN2CCCN(c3cc(NC(=O)Cc4ccc(F)cc4)ccc3OC)C2=O)cc1. The van der Waals surface area contributed by atoms with Crippen LogP contribution in [0.1, 0.15) is 17.5 Å². The Bertz CT molecular complexity index is 1180. The van der Waals surface area contributed by atoms with Crippen molar-refractivity contribution < 1.29 is 23.5 Å². The summed E-state index contributed by atoms with van der Waals surface area (Å²) in [6.45, 7) is 1.68. The van der Waals surface area contributed by atoms with Gasteiger partial charge in [0.2, 0.25) is 5.91 Å². The third kappa shape index (κ3) is 5.90. The number of hydrogen-bond acceptors (Lipinski definition) is 4. The lowest BCUT2D eigenvalue weighted by Crippen LogP contribution is -2.49. The van der Waals surface area contributed by atoms with Gasteiger partial charge in [-0.05, 0) is 60.0 Å². The molecular formula is C27H28FN3O4. The molecule has 0 atom stereocenters. The van der Waals surface area contributed by atoms with Crippen LogP contribution in [0.5, 0.6) is 11.5 Å². The van der Waals surface area contributed by atoms with E-state index in [1.807, 2.05) is 24.3 Å². The van der Waals surface area contributed by atoms with Gasteiger partial charge in [-0.2, -0.15) is 0 Å². The van der Waals surface area contributed by atoms with Crippen molar-refractivity contribution in [2.75, 3.05) is 37.5 Å². The van der Waals surface area contributed by atoms with Gasteiger partial charge >= 0.3 is 6.03 Å². The van der Waals surface area contributed by atoms with Crippen molar-refractivity contribution in [2.24, 2.45) is 0 Å². The lowest BCUT2D eigenvalue weighted by molar-refractivity contribution is -0.115. The molecule has 0 aliphatic carbocycles. The fourth-order valence-corrected chi connectivity index (χ4v) is 4.07. The smallest absolute Gasteiger partial charge is 0.324 e. The number of carbonyl (C=O) groups excluding carboxylic acids is 2. The second kappa shape index (κ2) is 10.9. The summed E-state index contributed by atoms with van der Waals surface area (Å²) in [4.78, 5) is 29.4. The molecule has 1 saturated heterocycles. The monoisotopic (exact) mass is 477 g/mol. The number of nitrogens with one attached hydrogen (secondary N) is 1. The summed E-state index contributed by atoms with van der Waals surface area (Å²) in [7, 11) is 3.17. The minimum absolute atomic E-state index is 0.111. The number of methoxy groups -OCH3 is 2. The van der Waals surface area contributed by atoms with Gasteiger partial charge < -0.3 is 19.7 Å². The largest absolute Gasteiger partial charge is 0.497 e. The van der Waals surface area contributed by atoms with Crippen molar-refractivity contribution in [3.8, 4) is 11.5 Å². The van der Waals surface area contributed by atoms with Crippen LogP contribution >= 0.6 is 0 Å². The van der Waals surface area contributed by atoms with Crippen LogP contribution in [0.3, 0.4) is 0 Å². The molecule has 1 N–H and O–H groups in total. The fraction of sp³-hybridized carbons (Fsp3) is 0.259. The predicted octanol–water partition coefficient (Wildman–Crippen LogP) is 4.86. The minimum Gasteiger partial charge on any atom is -0.497 e. The van der Waals surface area contributed by atoms with E-state index in [2.05, 4.69) is 5.32 Å². The van der Waals surface area contributed by atoms with E-state index in [1.165, 1.54) is 12.1 Å². The molecule has 1 fully saturated rings. The first-order chi connectivity index (χ1) is 17.0. The van der Waals surface area contributed by atoms with Gasteiger partial charge in [-0.3, -0.25) is 9.69 Å². The van der Waals surface area contributed by atoms with Crippen LogP contribution < -0.4 is 19.7 Å². The minimum atomic E-state index is -0.346. The average Bonchev–Trinajstić information content (AvgIpc) is 2.87. The number of benzene rings is 3. The van der Waals surface area contributed by atoms with Gasteiger partial charge in [-0.25, -0.2) is 9.18 Å². The third-order valence-corrected chi connectivity index (χ3v) is 5.88. The first kappa shape index (κ1) is 24.1. The molecule has 0 bridgehead atoms. The number of anilines is 2. The summed E-state index contributed by atoms with van der Waals surface area (Å²) in [5.74, 6) is 0.726. The summed E-state index contributed by atoms with van der Waals surface area (Å²) in [6, 6.07) is 18.6. The van der Waals surface area contributed by atoms with Crippen LogP contribution in [-0.2, 0) is 17.8 Å². The Morgan fingerprint density at radius 1 is 0.943 bits per heavy atom. The Morgan fingerprint density at radius 2 is 1.66 bits per heavy atom. The van der Waals surface area contributed by atoms with Crippen molar-refractivity contribution in [3.05, 3.63) is 83.7 Å². The van der Waals surface area contributed by atoms with E-state index in [0.717, 1.165) is 17.7 Å². The van der Waals surface area contributed by atoms with Crippen LogP contribution in [-0.4, -0.2) is 44.1 Å². The van der Waals surface area contributed by atoms with Crippen molar-refractivity contribution >= 4 is 23.3 Å². The van der Waals surface area contributed by atoms with E-state index < -0.39 is 0 Å². The number of amides is 3. The van der Waals surface area contributed by atoms with E-state index in [0.29, 0.717) is 42.3 Å². The van der Waals surface area contributed by atoms with Gasteiger partial charge in [0.1, 0.15) is 17.3 Å². The topological polar surface area (TPSA) is 71.1 Å². The lowest BCUT2D eigenvalue weighted by Gasteiger charge is -2.36. The van der Waals surface area contributed by atoms with Crippen molar-refractivity contribution in [3.63, 3.8) is 0 Å². The molecule has 0 spiro atoms. The van der Waals surface area contributed by atoms with E-state index >= 15 is 0 Å². The highest BCUT2D eigenvalue weighted by Gasteiger charge is 2.29. The zero-order valence-corrected chi connectivity index (χ0v) is 19.8.